The van der Waals surface area contributed by atoms with Crippen molar-refractivity contribution in [2.75, 3.05) is 6.54 Å². The molecule has 0 aromatic carbocycles. The van der Waals surface area contributed by atoms with Gasteiger partial charge in [0.25, 0.3) is 5.91 Å². The van der Waals surface area contributed by atoms with Crippen molar-refractivity contribution >= 4 is 5.91 Å². The average Bonchev–Trinajstić information content (AvgIpc) is 2.53. The van der Waals surface area contributed by atoms with Gasteiger partial charge in [-0.25, -0.2) is 10.4 Å². The van der Waals surface area contributed by atoms with Crippen LogP contribution in [0.15, 0.2) is 23.7 Å². The third-order valence-corrected chi connectivity index (χ3v) is 2.11. The molecule has 0 aromatic heterocycles. The van der Waals surface area contributed by atoms with Crippen molar-refractivity contribution in [2.24, 2.45) is 0 Å². The smallest absolute Gasteiger partial charge is 0.268 e. The second kappa shape index (κ2) is 3.22. The predicted octanol–water partition coefficient (Wildman–Crippen LogP) is 0.462. The molecule has 70 valence electrons. The number of carbonyl (C=O) groups is 1. The van der Waals surface area contributed by atoms with E-state index in [1.807, 2.05) is 6.08 Å². The van der Waals surface area contributed by atoms with Crippen molar-refractivity contribution in [3.05, 3.63) is 23.7 Å². The molecule has 0 unspecified atom stereocenters. The van der Waals surface area contributed by atoms with Gasteiger partial charge >= 0.3 is 0 Å². The molecule has 2 aliphatic rings. The van der Waals surface area contributed by atoms with Crippen LogP contribution in [0.5, 0.6) is 0 Å². The predicted molar refractivity (Wildman–Crippen MR) is 49.1 cm³/mol. The van der Waals surface area contributed by atoms with E-state index in [2.05, 4.69) is 17.7 Å². The first-order valence-corrected chi connectivity index (χ1v) is 4.56. The highest BCUT2D eigenvalue weighted by Gasteiger charge is 2.25. The lowest BCUT2D eigenvalue weighted by Crippen LogP contribution is -2.43. The van der Waals surface area contributed by atoms with Crippen molar-refractivity contribution in [1.29, 1.82) is 0 Å². The van der Waals surface area contributed by atoms with E-state index < -0.39 is 0 Å². The Morgan fingerprint density at radius 2 is 2.46 bits per heavy atom. The molecule has 0 saturated heterocycles. The topological polar surface area (TPSA) is 44.4 Å². The third kappa shape index (κ3) is 1.45. The van der Waals surface area contributed by atoms with E-state index in [0.29, 0.717) is 0 Å². The largest absolute Gasteiger partial charge is 0.344 e. The van der Waals surface area contributed by atoms with Crippen LogP contribution < -0.4 is 10.7 Å². The van der Waals surface area contributed by atoms with Crippen molar-refractivity contribution in [2.45, 2.75) is 19.8 Å². The van der Waals surface area contributed by atoms with Crippen LogP contribution in [0.2, 0.25) is 0 Å². The van der Waals surface area contributed by atoms with Gasteiger partial charge in [0.15, 0.2) is 0 Å². The molecule has 0 aromatic rings. The zero-order valence-electron chi connectivity index (χ0n) is 7.63. The zero-order valence-corrected chi connectivity index (χ0v) is 7.63. The number of fused-ring (bicyclic) bond motifs is 1. The summed E-state index contributed by atoms with van der Waals surface area (Å²) in [6.07, 6.45) is 5.60. The van der Waals surface area contributed by atoms with Crippen LogP contribution in [-0.2, 0) is 4.79 Å². The number of rotatable bonds is 2. The minimum atomic E-state index is 0.0194. The molecule has 2 rings (SSSR count). The number of amides is 1. The van der Waals surface area contributed by atoms with Gasteiger partial charge in [0.1, 0.15) is 5.82 Å². The number of hydrogen-bond acceptors (Lipinski definition) is 3. The fourth-order valence-electron chi connectivity index (χ4n) is 1.53. The highest BCUT2D eigenvalue weighted by Crippen LogP contribution is 2.15. The molecular formula is C9H13N3O. The first kappa shape index (κ1) is 8.31. The van der Waals surface area contributed by atoms with E-state index in [-0.39, 0.29) is 5.91 Å². The Hall–Kier alpha value is -1.29. The molecule has 0 bridgehead atoms. The van der Waals surface area contributed by atoms with Gasteiger partial charge in [-0.15, -0.1) is 0 Å². The molecule has 0 spiro atoms. The van der Waals surface area contributed by atoms with Gasteiger partial charge in [-0.2, -0.15) is 0 Å². The van der Waals surface area contributed by atoms with Crippen LogP contribution in [0.3, 0.4) is 0 Å². The van der Waals surface area contributed by atoms with Crippen molar-refractivity contribution < 1.29 is 4.79 Å². The van der Waals surface area contributed by atoms with E-state index in [1.165, 1.54) is 0 Å². The molecule has 2 heterocycles. The van der Waals surface area contributed by atoms with Gasteiger partial charge in [0.05, 0.1) is 0 Å². The Morgan fingerprint density at radius 1 is 1.62 bits per heavy atom. The standard InChI is InChI=1S/C9H13N3O/c1-2-3-7-6-9(13)12-8(11-7)4-5-10-12/h4,6,10-11H,2-3,5H2,1H3. The van der Waals surface area contributed by atoms with Gasteiger partial charge in [0.2, 0.25) is 0 Å². The maximum absolute atomic E-state index is 11.5. The maximum Gasteiger partial charge on any atom is 0.268 e. The van der Waals surface area contributed by atoms with E-state index >= 15 is 0 Å². The Labute approximate surface area is 77.3 Å². The number of allylic oxidation sites excluding steroid dienone is 1. The molecule has 0 aliphatic carbocycles. The van der Waals surface area contributed by atoms with Crippen LogP contribution in [0, 0.1) is 0 Å². The third-order valence-electron chi connectivity index (χ3n) is 2.11. The summed E-state index contributed by atoms with van der Waals surface area (Å²) in [5.41, 5.74) is 3.97. The number of hydrazine groups is 1. The summed E-state index contributed by atoms with van der Waals surface area (Å²) in [4.78, 5) is 11.5. The van der Waals surface area contributed by atoms with Crippen molar-refractivity contribution in [3.63, 3.8) is 0 Å². The van der Waals surface area contributed by atoms with Gasteiger partial charge in [0, 0.05) is 18.3 Å². The summed E-state index contributed by atoms with van der Waals surface area (Å²) in [5, 5.41) is 4.75. The first-order chi connectivity index (χ1) is 6.31. The van der Waals surface area contributed by atoms with Crippen LogP contribution >= 0.6 is 0 Å². The van der Waals surface area contributed by atoms with Crippen molar-refractivity contribution in [3.8, 4) is 0 Å². The molecule has 2 aliphatic heterocycles. The normalized spacial score (nSPS) is 20.7. The number of nitrogens with one attached hydrogen (secondary N) is 2. The Balaban J connectivity index is 2.17. The zero-order chi connectivity index (χ0) is 9.26. The fraction of sp³-hybridized carbons (Fsp3) is 0.444. The van der Waals surface area contributed by atoms with Gasteiger partial charge in [-0.3, -0.25) is 4.79 Å². The monoisotopic (exact) mass is 179 g/mol. The molecule has 0 fully saturated rings. The lowest BCUT2D eigenvalue weighted by Gasteiger charge is -2.25. The lowest BCUT2D eigenvalue weighted by atomic mass is 10.2. The summed E-state index contributed by atoms with van der Waals surface area (Å²) in [6, 6.07) is 0. The highest BCUT2D eigenvalue weighted by atomic mass is 16.2. The summed E-state index contributed by atoms with van der Waals surface area (Å²) in [7, 11) is 0. The lowest BCUT2D eigenvalue weighted by molar-refractivity contribution is -0.126. The van der Waals surface area contributed by atoms with Crippen LogP contribution in [-0.4, -0.2) is 17.5 Å². The molecule has 0 atom stereocenters. The fourth-order valence-corrected chi connectivity index (χ4v) is 1.53. The van der Waals surface area contributed by atoms with E-state index in [1.54, 1.807) is 11.1 Å². The molecule has 0 radical (unpaired) electrons. The molecular weight excluding hydrogens is 166 g/mol. The van der Waals surface area contributed by atoms with Crippen LogP contribution in [0.4, 0.5) is 0 Å². The number of hydrogen-bond donors (Lipinski definition) is 2. The minimum Gasteiger partial charge on any atom is -0.344 e. The number of carbonyl (C=O) groups excluding carboxylic acids is 1. The second-order valence-electron chi connectivity index (χ2n) is 3.17. The van der Waals surface area contributed by atoms with Crippen LogP contribution in [0.1, 0.15) is 19.8 Å². The highest BCUT2D eigenvalue weighted by molar-refractivity contribution is 5.90. The number of nitrogens with zero attached hydrogens (tertiary/aromatic N) is 1. The molecule has 4 heteroatoms. The van der Waals surface area contributed by atoms with Crippen molar-refractivity contribution in [1.82, 2.24) is 15.8 Å². The Morgan fingerprint density at radius 3 is 3.23 bits per heavy atom. The van der Waals surface area contributed by atoms with Gasteiger partial charge in [-0.1, -0.05) is 13.3 Å². The molecule has 0 saturated carbocycles. The Kier molecular flexibility index (Phi) is 2.06. The van der Waals surface area contributed by atoms with Crippen LogP contribution in [0.25, 0.3) is 0 Å². The summed E-state index contributed by atoms with van der Waals surface area (Å²) < 4.78 is 0. The average molecular weight is 179 g/mol. The first-order valence-electron chi connectivity index (χ1n) is 4.56. The summed E-state index contributed by atoms with van der Waals surface area (Å²) >= 11 is 0. The molecule has 2 N–H and O–H groups in total. The second-order valence-corrected chi connectivity index (χ2v) is 3.17. The van der Waals surface area contributed by atoms with E-state index in [9.17, 15) is 4.79 Å². The molecule has 13 heavy (non-hydrogen) atoms. The quantitative estimate of drug-likeness (QED) is 0.647. The van der Waals surface area contributed by atoms with Gasteiger partial charge in [-0.05, 0) is 12.5 Å². The SMILES string of the molecule is CCCC1=CC(=O)N2NCC=C2N1. The van der Waals surface area contributed by atoms with Gasteiger partial charge < -0.3 is 5.32 Å². The Bertz CT molecular complexity index is 293. The molecule has 4 nitrogen and oxygen atoms in total. The van der Waals surface area contributed by atoms with E-state index in [0.717, 1.165) is 30.9 Å². The van der Waals surface area contributed by atoms with E-state index in [4.69, 9.17) is 0 Å². The summed E-state index contributed by atoms with van der Waals surface area (Å²) in [6.45, 7) is 2.82. The molecule has 1 amide bonds. The maximum atomic E-state index is 11.5. The summed E-state index contributed by atoms with van der Waals surface area (Å²) in [5.74, 6) is 0.891. The minimum absolute atomic E-state index is 0.0194.